The van der Waals surface area contributed by atoms with Crippen molar-refractivity contribution in [3.05, 3.63) is 65.2 Å². The first-order valence-electron chi connectivity index (χ1n) is 11.1. The Labute approximate surface area is 202 Å². The van der Waals surface area contributed by atoms with E-state index >= 15 is 0 Å². The maximum Gasteiger partial charge on any atom is 0.299 e. The molecule has 178 valence electrons. The lowest BCUT2D eigenvalue weighted by Crippen LogP contribution is -2.33. The van der Waals surface area contributed by atoms with Crippen LogP contribution in [-0.4, -0.2) is 43.8 Å². The van der Waals surface area contributed by atoms with Crippen molar-refractivity contribution in [2.24, 2.45) is 5.73 Å². The summed E-state index contributed by atoms with van der Waals surface area (Å²) in [7, 11) is 0. The van der Waals surface area contributed by atoms with Crippen LogP contribution in [0.15, 0.2) is 42.6 Å². The number of likely N-dealkylation sites (tertiary alicyclic amines) is 1. The number of aryl methyl sites for hydroxylation is 1. The molecule has 1 aromatic carbocycles. The topological polar surface area (TPSA) is 149 Å². The monoisotopic (exact) mass is 471 g/mol. The van der Waals surface area contributed by atoms with E-state index in [0.29, 0.717) is 35.7 Å². The van der Waals surface area contributed by atoms with Crippen molar-refractivity contribution in [1.82, 2.24) is 19.5 Å². The fourth-order valence-corrected chi connectivity index (χ4v) is 4.09. The van der Waals surface area contributed by atoms with E-state index in [4.69, 9.17) is 11.6 Å². The number of anilines is 1. The minimum absolute atomic E-state index is 0.0157. The lowest BCUT2D eigenvalue weighted by Gasteiger charge is -2.21. The fourth-order valence-electron chi connectivity index (χ4n) is 4.09. The third-order valence-corrected chi connectivity index (χ3v) is 5.79. The first-order valence-corrected chi connectivity index (χ1v) is 11.1. The SMILES string of the molecule is CC#CC(=O)N1CCCC1c1nc(-c2ccc(C(=O)Nc3ccc(C)cn3)cc2)c(C(N)=O)n1N. The smallest absolute Gasteiger partial charge is 0.299 e. The van der Waals surface area contributed by atoms with Gasteiger partial charge in [0.1, 0.15) is 11.5 Å². The van der Waals surface area contributed by atoms with Crippen molar-refractivity contribution in [3.63, 3.8) is 0 Å². The summed E-state index contributed by atoms with van der Waals surface area (Å²) in [4.78, 5) is 47.7. The van der Waals surface area contributed by atoms with Crippen LogP contribution in [-0.2, 0) is 4.79 Å². The van der Waals surface area contributed by atoms with Crippen molar-refractivity contribution < 1.29 is 14.4 Å². The van der Waals surface area contributed by atoms with Crippen LogP contribution in [0.25, 0.3) is 11.3 Å². The van der Waals surface area contributed by atoms with E-state index in [1.54, 1.807) is 48.4 Å². The van der Waals surface area contributed by atoms with Crippen LogP contribution in [0.4, 0.5) is 5.82 Å². The normalized spacial score (nSPS) is 14.8. The van der Waals surface area contributed by atoms with E-state index in [1.807, 2.05) is 13.0 Å². The number of carbonyl (C=O) groups is 3. The second-order valence-electron chi connectivity index (χ2n) is 8.19. The number of hydrogen-bond acceptors (Lipinski definition) is 6. The Hall–Kier alpha value is -4.65. The summed E-state index contributed by atoms with van der Waals surface area (Å²) in [6.07, 6.45) is 3.06. The van der Waals surface area contributed by atoms with Crippen LogP contribution in [0.5, 0.6) is 0 Å². The number of nitrogens with zero attached hydrogens (tertiary/aromatic N) is 4. The number of aromatic nitrogens is 3. The molecule has 0 bridgehead atoms. The van der Waals surface area contributed by atoms with Gasteiger partial charge in [0, 0.05) is 23.9 Å². The molecule has 3 amide bonds. The van der Waals surface area contributed by atoms with E-state index in [0.717, 1.165) is 16.7 Å². The maximum absolute atomic E-state index is 12.6. The Morgan fingerprint density at radius 2 is 1.89 bits per heavy atom. The number of nitrogens with two attached hydrogens (primary N) is 2. The highest BCUT2D eigenvalue weighted by Crippen LogP contribution is 2.34. The van der Waals surface area contributed by atoms with Crippen LogP contribution in [0.1, 0.15) is 58.0 Å². The molecule has 1 saturated heterocycles. The van der Waals surface area contributed by atoms with E-state index in [2.05, 4.69) is 27.1 Å². The van der Waals surface area contributed by atoms with Gasteiger partial charge in [-0.1, -0.05) is 24.1 Å². The summed E-state index contributed by atoms with van der Waals surface area (Å²) in [6, 6.07) is 9.70. The molecule has 35 heavy (non-hydrogen) atoms. The molecule has 0 saturated carbocycles. The van der Waals surface area contributed by atoms with Gasteiger partial charge in [0.25, 0.3) is 17.7 Å². The van der Waals surface area contributed by atoms with Gasteiger partial charge in [-0.2, -0.15) is 0 Å². The maximum atomic E-state index is 12.6. The molecule has 10 heteroatoms. The molecule has 0 aliphatic carbocycles. The van der Waals surface area contributed by atoms with Gasteiger partial charge in [0.2, 0.25) is 0 Å². The Kier molecular flexibility index (Phi) is 6.51. The van der Waals surface area contributed by atoms with Crippen LogP contribution >= 0.6 is 0 Å². The third kappa shape index (κ3) is 4.70. The molecule has 10 nitrogen and oxygen atoms in total. The van der Waals surface area contributed by atoms with Crippen molar-refractivity contribution in [2.75, 3.05) is 17.7 Å². The van der Waals surface area contributed by atoms with Gasteiger partial charge in [-0.3, -0.25) is 14.4 Å². The van der Waals surface area contributed by atoms with E-state index in [9.17, 15) is 14.4 Å². The van der Waals surface area contributed by atoms with Crippen molar-refractivity contribution in [2.45, 2.75) is 32.7 Å². The van der Waals surface area contributed by atoms with Gasteiger partial charge in [0.05, 0.1) is 6.04 Å². The first kappa shape index (κ1) is 23.5. The molecule has 0 radical (unpaired) electrons. The minimum atomic E-state index is -0.752. The van der Waals surface area contributed by atoms with E-state index in [-0.39, 0.29) is 23.2 Å². The second kappa shape index (κ2) is 9.69. The minimum Gasteiger partial charge on any atom is -0.364 e. The summed E-state index contributed by atoms with van der Waals surface area (Å²) in [5.74, 6) is 10.8. The largest absolute Gasteiger partial charge is 0.364 e. The zero-order valence-corrected chi connectivity index (χ0v) is 19.4. The number of amides is 3. The van der Waals surface area contributed by atoms with Gasteiger partial charge in [-0.15, -0.1) is 0 Å². The number of nitrogens with one attached hydrogen (secondary N) is 1. The van der Waals surface area contributed by atoms with Gasteiger partial charge in [-0.05, 0) is 56.4 Å². The summed E-state index contributed by atoms with van der Waals surface area (Å²) in [5, 5.41) is 2.74. The molecule has 1 fully saturated rings. The van der Waals surface area contributed by atoms with Crippen molar-refractivity contribution >= 4 is 23.5 Å². The average molecular weight is 472 g/mol. The number of primary amides is 1. The molecule has 3 aromatic rings. The standard InChI is InChI=1S/C25H25N7O3/c1-3-5-20(33)31-13-4-6-18(31)24-30-21(22(23(26)34)32(24)27)16-8-10-17(11-9-16)25(35)29-19-12-7-15(2)14-28-19/h7-12,14,18H,4,6,13,27H2,1-2H3,(H2,26,34)(H,28,29,35). The van der Waals surface area contributed by atoms with Gasteiger partial charge >= 0.3 is 0 Å². The van der Waals surface area contributed by atoms with E-state index in [1.165, 1.54) is 0 Å². The third-order valence-electron chi connectivity index (χ3n) is 5.79. The Morgan fingerprint density at radius 1 is 1.14 bits per heavy atom. The molecule has 3 heterocycles. The van der Waals surface area contributed by atoms with Crippen LogP contribution in [0.3, 0.4) is 0 Å². The number of rotatable bonds is 5. The van der Waals surface area contributed by atoms with Gasteiger partial charge < -0.3 is 21.8 Å². The molecule has 1 aliphatic heterocycles. The predicted octanol–water partition coefficient (Wildman–Crippen LogP) is 2.01. The number of imidazole rings is 1. The molecule has 1 unspecified atom stereocenters. The Bertz CT molecular complexity index is 1350. The van der Waals surface area contributed by atoms with Crippen LogP contribution in [0, 0.1) is 18.8 Å². The summed E-state index contributed by atoms with van der Waals surface area (Å²) < 4.78 is 1.15. The summed E-state index contributed by atoms with van der Waals surface area (Å²) >= 11 is 0. The number of benzene rings is 1. The molecule has 1 atom stereocenters. The van der Waals surface area contributed by atoms with Gasteiger partial charge in [-0.25, -0.2) is 14.6 Å². The first-order chi connectivity index (χ1) is 16.8. The van der Waals surface area contributed by atoms with Gasteiger partial charge in [0.15, 0.2) is 11.5 Å². The Morgan fingerprint density at radius 3 is 2.51 bits per heavy atom. The molecule has 5 N–H and O–H groups in total. The zero-order chi connectivity index (χ0) is 25.1. The molecule has 1 aliphatic rings. The molecular weight excluding hydrogens is 446 g/mol. The summed E-state index contributed by atoms with van der Waals surface area (Å²) in [6.45, 7) is 4.02. The Balaban J connectivity index is 1.63. The van der Waals surface area contributed by atoms with E-state index < -0.39 is 11.9 Å². The molecule has 0 spiro atoms. The second-order valence-corrected chi connectivity index (χ2v) is 8.19. The van der Waals surface area contributed by atoms with Crippen molar-refractivity contribution in [1.29, 1.82) is 0 Å². The highest BCUT2D eigenvalue weighted by molar-refractivity contribution is 6.04. The highest BCUT2D eigenvalue weighted by atomic mass is 16.2. The number of hydrogen-bond donors (Lipinski definition) is 3. The highest BCUT2D eigenvalue weighted by Gasteiger charge is 2.35. The van der Waals surface area contributed by atoms with Crippen molar-refractivity contribution in [3.8, 4) is 23.1 Å². The molecule has 2 aromatic heterocycles. The average Bonchev–Trinajstić information content (AvgIpc) is 3.45. The zero-order valence-electron chi connectivity index (χ0n) is 19.4. The lowest BCUT2D eigenvalue weighted by atomic mass is 10.1. The number of nitrogen functional groups attached to an aromatic ring is 1. The molecule has 4 rings (SSSR count). The van der Waals surface area contributed by atoms with Crippen LogP contribution < -0.4 is 16.9 Å². The quantitative estimate of drug-likeness (QED) is 0.383. The fraction of sp³-hybridized carbons (Fsp3) is 0.240. The summed E-state index contributed by atoms with van der Waals surface area (Å²) in [5.41, 5.74) is 7.86. The lowest BCUT2D eigenvalue weighted by molar-refractivity contribution is -0.126. The predicted molar refractivity (Wildman–Crippen MR) is 130 cm³/mol. The number of carbonyl (C=O) groups excluding carboxylic acids is 3. The van der Waals surface area contributed by atoms with Crippen LogP contribution in [0.2, 0.25) is 0 Å². The number of pyridine rings is 1. The molecular formula is C25H25N7O3.